The van der Waals surface area contributed by atoms with Crippen LogP contribution >= 0.6 is 0 Å². The van der Waals surface area contributed by atoms with E-state index in [1.54, 1.807) is 24.3 Å². The summed E-state index contributed by atoms with van der Waals surface area (Å²) in [4.78, 5) is 0. The molecule has 0 amide bonds. The molecular weight excluding hydrogens is 321 g/mol. The van der Waals surface area contributed by atoms with Gasteiger partial charge in [-0.1, -0.05) is 18.2 Å². The zero-order chi connectivity index (χ0) is 16.9. The third-order valence-electron chi connectivity index (χ3n) is 3.04. The van der Waals surface area contributed by atoms with Crippen molar-refractivity contribution < 1.29 is 12.8 Å². The van der Waals surface area contributed by atoms with Crippen LogP contribution in [-0.4, -0.2) is 43.6 Å². The van der Waals surface area contributed by atoms with E-state index in [1.807, 2.05) is 0 Å². The topological polar surface area (TPSA) is 87.2 Å². The summed E-state index contributed by atoms with van der Waals surface area (Å²) in [5.74, 6) is 0.362. The van der Waals surface area contributed by atoms with E-state index < -0.39 is 10.2 Å². The SMILES string of the molecule is CN(C)S(=O)(=O)Nc1ccc(NCCc2ccccc2F)nn1. The second-order valence-corrected chi connectivity index (χ2v) is 6.85. The molecule has 0 saturated heterocycles. The first-order valence-corrected chi connectivity index (χ1v) is 8.34. The van der Waals surface area contributed by atoms with Crippen LogP contribution in [0.5, 0.6) is 0 Å². The second kappa shape index (κ2) is 7.34. The van der Waals surface area contributed by atoms with Gasteiger partial charge in [0.1, 0.15) is 11.6 Å². The maximum atomic E-state index is 13.5. The highest BCUT2D eigenvalue weighted by Gasteiger charge is 2.13. The third kappa shape index (κ3) is 4.86. The number of nitrogens with zero attached hydrogens (tertiary/aromatic N) is 3. The summed E-state index contributed by atoms with van der Waals surface area (Å²) in [5, 5.41) is 10.7. The molecule has 0 aliphatic rings. The average molecular weight is 339 g/mol. The molecule has 0 unspecified atom stereocenters. The van der Waals surface area contributed by atoms with E-state index in [1.165, 1.54) is 26.2 Å². The minimum atomic E-state index is -3.60. The predicted octanol–water partition coefficient (Wildman–Crippen LogP) is 1.49. The fourth-order valence-electron chi connectivity index (χ4n) is 1.73. The molecule has 124 valence electrons. The van der Waals surface area contributed by atoms with Crippen molar-refractivity contribution in [2.75, 3.05) is 30.7 Å². The molecule has 1 heterocycles. The van der Waals surface area contributed by atoms with E-state index in [2.05, 4.69) is 20.2 Å². The number of halogens is 1. The fraction of sp³-hybridized carbons (Fsp3) is 0.286. The van der Waals surface area contributed by atoms with Crippen LogP contribution in [-0.2, 0) is 16.6 Å². The van der Waals surface area contributed by atoms with Crippen LogP contribution in [0.3, 0.4) is 0 Å². The molecule has 7 nitrogen and oxygen atoms in total. The average Bonchev–Trinajstić information content (AvgIpc) is 2.50. The van der Waals surface area contributed by atoms with E-state index in [0.717, 1.165) is 4.31 Å². The lowest BCUT2D eigenvalue weighted by Crippen LogP contribution is -2.29. The lowest BCUT2D eigenvalue weighted by atomic mass is 10.1. The molecule has 2 aromatic rings. The van der Waals surface area contributed by atoms with Gasteiger partial charge in [-0.3, -0.25) is 4.72 Å². The Hall–Kier alpha value is -2.26. The Bertz CT molecular complexity index is 750. The molecule has 0 bridgehead atoms. The monoisotopic (exact) mass is 339 g/mol. The number of aromatic nitrogens is 2. The summed E-state index contributed by atoms with van der Waals surface area (Å²) in [6.45, 7) is 0.485. The molecule has 0 fully saturated rings. The van der Waals surface area contributed by atoms with Crippen molar-refractivity contribution in [2.45, 2.75) is 6.42 Å². The molecule has 1 aromatic carbocycles. The van der Waals surface area contributed by atoms with Gasteiger partial charge in [0, 0.05) is 20.6 Å². The Labute approximate surface area is 134 Å². The largest absolute Gasteiger partial charge is 0.368 e. The highest BCUT2D eigenvalue weighted by atomic mass is 32.2. The zero-order valence-corrected chi connectivity index (χ0v) is 13.6. The summed E-state index contributed by atoms with van der Waals surface area (Å²) in [6.07, 6.45) is 0.503. The maximum Gasteiger partial charge on any atom is 0.302 e. The first kappa shape index (κ1) is 17.1. The van der Waals surface area contributed by atoms with Crippen molar-refractivity contribution in [1.29, 1.82) is 0 Å². The van der Waals surface area contributed by atoms with E-state index in [-0.39, 0.29) is 11.6 Å². The van der Waals surface area contributed by atoms with Crippen molar-refractivity contribution in [3.8, 4) is 0 Å². The van der Waals surface area contributed by atoms with Crippen LogP contribution in [0.15, 0.2) is 36.4 Å². The van der Waals surface area contributed by atoms with Gasteiger partial charge in [0.2, 0.25) is 0 Å². The highest BCUT2D eigenvalue weighted by molar-refractivity contribution is 7.90. The summed E-state index contributed by atoms with van der Waals surface area (Å²) in [7, 11) is -0.781. The standard InChI is InChI=1S/C14H18FN5O2S/c1-20(2)23(21,22)19-14-8-7-13(17-18-14)16-10-9-11-5-3-4-6-12(11)15/h3-8H,9-10H2,1-2H3,(H,16,17)(H,18,19). The second-order valence-electron chi connectivity index (χ2n) is 4.96. The van der Waals surface area contributed by atoms with Crippen molar-refractivity contribution >= 4 is 21.8 Å². The van der Waals surface area contributed by atoms with Crippen LogP contribution in [0.1, 0.15) is 5.56 Å². The maximum absolute atomic E-state index is 13.5. The normalized spacial score (nSPS) is 11.5. The highest BCUT2D eigenvalue weighted by Crippen LogP contribution is 2.10. The number of rotatable bonds is 7. The first-order valence-electron chi connectivity index (χ1n) is 6.90. The van der Waals surface area contributed by atoms with Crippen LogP contribution in [0.4, 0.5) is 16.0 Å². The third-order valence-corrected chi connectivity index (χ3v) is 4.47. The van der Waals surface area contributed by atoms with Crippen molar-refractivity contribution in [1.82, 2.24) is 14.5 Å². The molecule has 0 aliphatic heterocycles. The number of anilines is 2. The van der Waals surface area contributed by atoms with Gasteiger partial charge < -0.3 is 5.32 Å². The van der Waals surface area contributed by atoms with Crippen molar-refractivity contribution in [2.24, 2.45) is 0 Å². The fourth-order valence-corrected chi connectivity index (χ4v) is 2.29. The molecule has 9 heteroatoms. The van der Waals surface area contributed by atoms with Gasteiger partial charge in [-0.05, 0) is 30.2 Å². The Morgan fingerprint density at radius 3 is 2.35 bits per heavy atom. The Morgan fingerprint density at radius 1 is 1.09 bits per heavy atom. The molecule has 0 saturated carbocycles. The van der Waals surface area contributed by atoms with Gasteiger partial charge >= 0.3 is 10.2 Å². The lowest BCUT2D eigenvalue weighted by molar-refractivity contribution is 0.526. The van der Waals surface area contributed by atoms with Crippen molar-refractivity contribution in [3.63, 3.8) is 0 Å². The van der Waals surface area contributed by atoms with Gasteiger partial charge in [0.25, 0.3) is 0 Å². The molecule has 0 radical (unpaired) electrons. The molecule has 0 spiro atoms. The molecule has 0 aliphatic carbocycles. The molecule has 0 atom stereocenters. The summed E-state index contributed by atoms with van der Waals surface area (Å²) < 4.78 is 40.1. The number of benzene rings is 1. The van der Waals surface area contributed by atoms with Crippen LogP contribution in [0.2, 0.25) is 0 Å². The molecule has 23 heavy (non-hydrogen) atoms. The Kier molecular flexibility index (Phi) is 5.45. The van der Waals surface area contributed by atoms with E-state index >= 15 is 0 Å². The summed E-state index contributed by atoms with van der Waals surface area (Å²) in [5.41, 5.74) is 0.614. The van der Waals surface area contributed by atoms with Gasteiger partial charge in [0.05, 0.1) is 0 Å². The zero-order valence-electron chi connectivity index (χ0n) is 12.8. The molecule has 2 rings (SSSR count). The Balaban J connectivity index is 1.89. The van der Waals surface area contributed by atoms with Crippen molar-refractivity contribution in [3.05, 3.63) is 47.8 Å². The summed E-state index contributed by atoms with van der Waals surface area (Å²) >= 11 is 0. The van der Waals surface area contributed by atoms with E-state index in [4.69, 9.17) is 0 Å². The van der Waals surface area contributed by atoms with Gasteiger partial charge in [-0.15, -0.1) is 10.2 Å². The van der Waals surface area contributed by atoms with Crippen LogP contribution in [0, 0.1) is 5.82 Å². The Morgan fingerprint density at radius 2 is 1.74 bits per heavy atom. The lowest BCUT2D eigenvalue weighted by Gasteiger charge is -2.12. The van der Waals surface area contributed by atoms with E-state index in [9.17, 15) is 12.8 Å². The number of hydrogen-bond acceptors (Lipinski definition) is 5. The van der Waals surface area contributed by atoms with Crippen LogP contribution in [0.25, 0.3) is 0 Å². The van der Waals surface area contributed by atoms with Gasteiger partial charge in [0.15, 0.2) is 5.82 Å². The molecule has 1 aromatic heterocycles. The van der Waals surface area contributed by atoms with Gasteiger partial charge in [-0.25, -0.2) is 4.39 Å². The number of nitrogens with one attached hydrogen (secondary N) is 2. The molecule has 2 N–H and O–H groups in total. The number of hydrogen-bond donors (Lipinski definition) is 2. The van der Waals surface area contributed by atoms with Gasteiger partial charge in [-0.2, -0.15) is 12.7 Å². The summed E-state index contributed by atoms with van der Waals surface area (Å²) in [6, 6.07) is 9.67. The predicted molar refractivity (Wildman–Crippen MR) is 86.9 cm³/mol. The quantitative estimate of drug-likeness (QED) is 0.798. The van der Waals surface area contributed by atoms with Crippen LogP contribution < -0.4 is 10.0 Å². The molecular formula is C14H18FN5O2S. The first-order chi connectivity index (χ1) is 10.9. The smallest absolute Gasteiger partial charge is 0.302 e. The van der Waals surface area contributed by atoms with E-state index in [0.29, 0.717) is 24.3 Å². The minimum absolute atomic E-state index is 0.123. The minimum Gasteiger partial charge on any atom is -0.368 e.